The fourth-order valence-corrected chi connectivity index (χ4v) is 1.66. The van der Waals surface area contributed by atoms with Gasteiger partial charge < -0.3 is 10.5 Å². The van der Waals surface area contributed by atoms with Crippen LogP contribution in [0, 0.1) is 5.92 Å². The molecule has 0 aliphatic heterocycles. The third-order valence-electron chi connectivity index (χ3n) is 2.62. The van der Waals surface area contributed by atoms with E-state index in [-0.39, 0.29) is 5.92 Å². The number of thiocarbonyl (C=S) groups is 1. The van der Waals surface area contributed by atoms with Gasteiger partial charge in [0.05, 0.1) is 17.7 Å². The maximum Gasteiger partial charge on any atom is 0.0779 e. The van der Waals surface area contributed by atoms with Crippen molar-refractivity contribution in [3.8, 4) is 0 Å². The minimum Gasteiger partial charge on any atom is -0.393 e. The molecular weight excluding hydrogens is 182 g/mol. The second kappa shape index (κ2) is 5.55. The molecule has 0 aromatic rings. The first-order valence-corrected chi connectivity index (χ1v) is 5.52. The van der Waals surface area contributed by atoms with Gasteiger partial charge in [-0.05, 0) is 12.8 Å². The molecule has 1 unspecified atom stereocenters. The van der Waals surface area contributed by atoms with Gasteiger partial charge in [-0.3, -0.25) is 0 Å². The van der Waals surface area contributed by atoms with Crippen molar-refractivity contribution in [2.75, 3.05) is 6.61 Å². The number of rotatable bonds is 4. The zero-order chi connectivity index (χ0) is 9.68. The van der Waals surface area contributed by atoms with Gasteiger partial charge in [-0.25, -0.2) is 0 Å². The molecular formula is C10H19NOS. The van der Waals surface area contributed by atoms with Crippen LogP contribution in [-0.4, -0.2) is 17.7 Å². The first-order chi connectivity index (χ1) is 6.20. The second-order valence-electron chi connectivity index (χ2n) is 3.90. The summed E-state index contributed by atoms with van der Waals surface area (Å²) in [5.74, 6) is 0.219. The fraction of sp³-hybridized carbons (Fsp3) is 0.900. The van der Waals surface area contributed by atoms with Crippen molar-refractivity contribution < 1.29 is 4.74 Å². The lowest BCUT2D eigenvalue weighted by Crippen LogP contribution is -2.26. The van der Waals surface area contributed by atoms with E-state index in [0.717, 1.165) is 0 Å². The summed E-state index contributed by atoms with van der Waals surface area (Å²) in [5.41, 5.74) is 5.50. The number of nitrogens with two attached hydrogens (primary N) is 1. The van der Waals surface area contributed by atoms with Crippen molar-refractivity contribution in [2.24, 2.45) is 11.7 Å². The van der Waals surface area contributed by atoms with Crippen LogP contribution >= 0.6 is 12.2 Å². The van der Waals surface area contributed by atoms with E-state index in [4.69, 9.17) is 22.7 Å². The Balaban J connectivity index is 2.13. The normalized spacial score (nSPS) is 21.3. The summed E-state index contributed by atoms with van der Waals surface area (Å²) in [6.07, 6.45) is 6.88. The van der Waals surface area contributed by atoms with E-state index in [1.165, 1.54) is 32.1 Å². The molecule has 76 valence electrons. The molecule has 1 fully saturated rings. The van der Waals surface area contributed by atoms with Gasteiger partial charge in [0.2, 0.25) is 0 Å². The molecule has 0 aromatic carbocycles. The number of ether oxygens (including phenoxy) is 1. The topological polar surface area (TPSA) is 35.2 Å². The Bertz CT molecular complexity index is 166. The Kier molecular flexibility index (Phi) is 4.67. The highest BCUT2D eigenvalue weighted by atomic mass is 32.1. The van der Waals surface area contributed by atoms with Gasteiger partial charge in [0.15, 0.2) is 0 Å². The van der Waals surface area contributed by atoms with Crippen molar-refractivity contribution in [1.82, 2.24) is 0 Å². The van der Waals surface area contributed by atoms with Crippen LogP contribution in [0.3, 0.4) is 0 Å². The highest BCUT2D eigenvalue weighted by Gasteiger charge is 2.15. The Labute approximate surface area is 85.8 Å². The summed E-state index contributed by atoms with van der Waals surface area (Å²) in [4.78, 5) is 0.566. The van der Waals surface area contributed by atoms with E-state index in [0.29, 0.717) is 17.7 Å². The Morgan fingerprint density at radius 1 is 1.46 bits per heavy atom. The van der Waals surface area contributed by atoms with Gasteiger partial charge in [-0.2, -0.15) is 0 Å². The lowest BCUT2D eigenvalue weighted by Gasteiger charge is -2.23. The van der Waals surface area contributed by atoms with E-state index in [2.05, 4.69) is 0 Å². The molecule has 0 aromatic heterocycles. The van der Waals surface area contributed by atoms with E-state index in [9.17, 15) is 0 Å². The molecule has 13 heavy (non-hydrogen) atoms. The predicted molar refractivity (Wildman–Crippen MR) is 58.8 cm³/mol. The predicted octanol–water partition coefficient (Wildman–Crippen LogP) is 2.26. The standard InChI is InChI=1S/C10H19NOS/c1-8(10(11)13)7-12-9-5-3-2-4-6-9/h8-9H,2-7H2,1H3,(H2,11,13). The summed E-state index contributed by atoms with van der Waals surface area (Å²) in [6, 6.07) is 0. The Morgan fingerprint density at radius 2 is 2.08 bits per heavy atom. The molecule has 0 radical (unpaired) electrons. The van der Waals surface area contributed by atoms with Crippen molar-refractivity contribution >= 4 is 17.2 Å². The van der Waals surface area contributed by atoms with Crippen LogP contribution in [0.25, 0.3) is 0 Å². The van der Waals surface area contributed by atoms with Gasteiger partial charge >= 0.3 is 0 Å². The molecule has 1 rings (SSSR count). The minimum absolute atomic E-state index is 0.219. The van der Waals surface area contributed by atoms with E-state index in [1.807, 2.05) is 6.92 Å². The van der Waals surface area contributed by atoms with Crippen LogP contribution in [0.2, 0.25) is 0 Å². The first kappa shape index (κ1) is 10.9. The van der Waals surface area contributed by atoms with Crippen molar-refractivity contribution in [1.29, 1.82) is 0 Å². The molecule has 0 bridgehead atoms. The maximum absolute atomic E-state index is 5.74. The highest BCUT2D eigenvalue weighted by Crippen LogP contribution is 2.20. The van der Waals surface area contributed by atoms with Gasteiger partial charge in [0.25, 0.3) is 0 Å². The van der Waals surface area contributed by atoms with Crippen LogP contribution < -0.4 is 5.73 Å². The lowest BCUT2D eigenvalue weighted by molar-refractivity contribution is 0.0205. The largest absolute Gasteiger partial charge is 0.393 e. The third-order valence-corrected chi connectivity index (χ3v) is 3.02. The second-order valence-corrected chi connectivity index (χ2v) is 4.37. The van der Waals surface area contributed by atoms with Gasteiger partial charge in [0.1, 0.15) is 0 Å². The average molecular weight is 201 g/mol. The fourth-order valence-electron chi connectivity index (χ4n) is 1.59. The van der Waals surface area contributed by atoms with Gasteiger partial charge in [-0.1, -0.05) is 38.4 Å². The van der Waals surface area contributed by atoms with E-state index in [1.54, 1.807) is 0 Å². The summed E-state index contributed by atoms with van der Waals surface area (Å²) >= 11 is 4.88. The highest BCUT2D eigenvalue weighted by molar-refractivity contribution is 7.80. The smallest absolute Gasteiger partial charge is 0.0779 e. The molecule has 0 amide bonds. The minimum atomic E-state index is 0.219. The molecule has 1 atom stereocenters. The lowest BCUT2D eigenvalue weighted by atomic mass is 9.98. The summed E-state index contributed by atoms with van der Waals surface area (Å²) in [5, 5.41) is 0. The molecule has 0 heterocycles. The first-order valence-electron chi connectivity index (χ1n) is 5.11. The van der Waals surface area contributed by atoms with Crippen LogP contribution in [0.15, 0.2) is 0 Å². The van der Waals surface area contributed by atoms with Crippen molar-refractivity contribution in [3.05, 3.63) is 0 Å². The zero-order valence-corrected chi connectivity index (χ0v) is 9.11. The molecule has 2 N–H and O–H groups in total. The number of hydrogen-bond acceptors (Lipinski definition) is 2. The van der Waals surface area contributed by atoms with Crippen LogP contribution in [-0.2, 0) is 4.74 Å². The summed E-state index contributed by atoms with van der Waals surface area (Å²) < 4.78 is 5.74. The van der Waals surface area contributed by atoms with E-state index >= 15 is 0 Å². The molecule has 0 spiro atoms. The van der Waals surface area contributed by atoms with Gasteiger partial charge in [0, 0.05) is 5.92 Å². The summed E-state index contributed by atoms with van der Waals surface area (Å²) in [6.45, 7) is 2.71. The SMILES string of the molecule is CC(COC1CCCCC1)C(N)=S. The third kappa shape index (κ3) is 4.05. The van der Waals surface area contributed by atoms with Crippen LogP contribution in [0.1, 0.15) is 39.0 Å². The molecule has 1 aliphatic carbocycles. The molecule has 2 nitrogen and oxygen atoms in total. The molecule has 1 saturated carbocycles. The molecule has 3 heteroatoms. The molecule has 0 saturated heterocycles. The van der Waals surface area contributed by atoms with Crippen molar-refractivity contribution in [3.63, 3.8) is 0 Å². The Morgan fingerprint density at radius 3 is 2.62 bits per heavy atom. The van der Waals surface area contributed by atoms with Crippen LogP contribution in [0.4, 0.5) is 0 Å². The van der Waals surface area contributed by atoms with Crippen molar-refractivity contribution in [2.45, 2.75) is 45.1 Å². The Hall–Kier alpha value is -0.150. The zero-order valence-electron chi connectivity index (χ0n) is 8.29. The van der Waals surface area contributed by atoms with E-state index < -0.39 is 0 Å². The monoisotopic (exact) mass is 201 g/mol. The summed E-state index contributed by atoms with van der Waals surface area (Å²) in [7, 11) is 0. The maximum atomic E-state index is 5.74. The number of hydrogen-bond donors (Lipinski definition) is 1. The average Bonchev–Trinajstić information content (AvgIpc) is 2.15. The quantitative estimate of drug-likeness (QED) is 0.709. The van der Waals surface area contributed by atoms with Crippen LogP contribution in [0.5, 0.6) is 0 Å². The van der Waals surface area contributed by atoms with Gasteiger partial charge in [-0.15, -0.1) is 0 Å². The molecule has 1 aliphatic rings.